The van der Waals surface area contributed by atoms with Crippen LogP contribution in [-0.4, -0.2) is 41.9 Å². The Bertz CT molecular complexity index is 692. The van der Waals surface area contributed by atoms with Gasteiger partial charge in [-0.05, 0) is 24.8 Å². The van der Waals surface area contributed by atoms with Gasteiger partial charge in [0.25, 0.3) is 0 Å². The number of hydrogen-bond acceptors (Lipinski definition) is 4. The predicted molar refractivity (Wildman–Crippen MR) is 83.8 cm³/mol. The van der Waals surface area contributed by atoms with Crippen molar-refractivity contribution in [3.8, 4) is 11.5 Å². The van der Waals surface area contributed by atoms with Crippen molar-refractivity contribution in [3.05, 3.63) is 23.8 Å². The second-order valence-electron chi connectivity index (χ2n) is 6.74. The zero-order valence-corrected chi connectivity index (χ0v) is 13.3. The van der Waals surface area contributed by atoms with E-state index in [2.05, 4.69) is 5.32 Å². The number of rotatable bonds is 3. The normalized spacial score (nSPS) is 27.2. The minimum absolute atomic E-state index is 0.0680. The van der Waals surface area contributed by atoms with Crippen molar-refractivity contribution in [2.24, 2.45) is 11.3 Å². The van der Waals surface area contributed by atoms with Gasteiger partial charge < -0.3 is 24.8 Å². The summed E-state index contributed by atoms with van der Waals surface area (Å²) in [7, 11) is 0. The second-order valence-corrected chi connectivity index (χ2v) is 6.74. The van der Waals surface area contributed by atoms with Crippen LogP contribution in [0.1, 0.15) is 24.8 Å². The number of benzene rings is 1. The molecule has 1 aromatic carbocycles. The van der Waals surface area contributed by atoms with E-state index in [4.69, 9.17) is 9.47 Å². The molecule has 4 rings (SSSR count). The average molecular weight is 332 g/mol. The Morgan fingerprint density at radius 2 is 2.25 bits per heavy atom. The molecule has 24 heavy (non-hydrogen) atoms. The van der Waals surface area contributed by atoms with Gasteiger partial charge in [-0.3, -0.25) is 4.79 Å². The van der Waals surface area contributed by atoms with E-state index in [9.17, 15) is 14.7 Å². The number of para-hydroxylation sites is 1. The van der Waals surface area contributed by atoms with Crippen molar-refractivity contribution >= 4 is 12.0 Å². The lowest BCUT2D eigenvalue weighted by atomic mass is 9.81. The van der Waals surface area contributed by atoms with E-state index >= 15 is 0 Å². The third-order valence-corrected chi connectivity index (χ3v) is 5.49. The van der Waals surface area contributed by atoms with Gasteiger partial charge in [-0.25, -0.2) is 4.79 Å². The molecule has 0 aromatic heterocycles. The molecule has 1 aliphatic carbocycles. The number of likely N-dealkylation sites (tertiary alicyclic amines) is 1. The van der Waals surface area contributed by atoms with E-state index in [1.54, 1.807) is 4.90 Å². The molecule has 2 heterocycles. The van der Waals surface area contributed by atoms with Crippen LogP contribution in [0.3, 0.4) is 0 Å². The molecule has 1 saturated carbocycles. The Hall–Kier alpha value is -2.44. The molecule has 128 valence electrons. The van der Waals surface area contributed by atoms with Gasteiger partial charge >= 0.3 is 12.0 Å². The zero-order valence-electron chi connectivity index (χ0n) is 13.3. The highest BCUT2D eigenvalue weighted by Crippen LogP contribution is 2.48. The molecule has 0 bridgehead atoms. The van der Waals surface area contributed by atoms with Crippen LogP contribution in [-0.2, 0) is 11.3 Å². The Kier molecular flexibility index (Phi) is 3.51. The highest BCUT2D eigenvalue weighted by Gasteiger charge is 2.55. The molecule has 2 N–H and O–H groups in total. The number of hydrogen-bond donors (Lipinski definition) is 2. The SMILES string of the molecule is O=C(NCc1cccc2c1OCO2)N1C[C@@H]2CCC[C@@]2(C(=O)O)C1. The van der Waals surface area contributed by atoms with E-state index in [0.29, 0.717) is 37.6 Å². The van der Waals surface area contributed by atoms with Gasteiger partial charge in [-0.1, -0.05) is 18.6 Å². The first-order valence-electron chi connectivity index (χ1n) is 8.24. The summed E-state index contributed by atoms with van der Waals surface area (Å²) >= 11 is 0. The average Bonchev–Trinajstić information content (AvgIpc) is 3.25. The molecule has 7 heteroatoms. The van der Waals surface area contributed by atoms with Crippen molar-refractivity contribution in [1.29, 1.82) is 0 Å². The van der Waals surface area contributed by atoms with Crippen LogP contribution in [0.5, 0.6) is 11.5 Å². The summed E-state index contributed by atoms with van der Waals surface area (Å²) in [4.78, 5) is 25.8. The van der Waals surface area contributed by atoms with Crippen molar-refractivity contribution in [2.75, 3.05) is 19.9 Å². The van der Waals surface area contributed by atoms with Crippen molar-refractivity contribution in [1.82, 2.24) is 10.2 Å². The number of fused-ring (bicyclic) bond motifs is 2. The fourth-order valence-electron chi connectivity index (χ4n) is 4.21. The lowest BCUT2D eigenvalue weighted by Gasteiger charge is -2.23. The molecule has 7 nitrogen and oxygen atoms in total. The van der Waals surface area contributed by atoms with Crippen LogP contribution < -0.4 is 14.8 Å². The van der Waals surface area contributed by atoms with E-state index in [0.717, 1.165) is 18.4 Å². The van der Waals surface area contributed by atoms with E-state index < -0.39 is 11.4 Å². The largest absolute Gasteiger partial charge is 0.481 e. The fourth-order valence-corrected chi connectivity index (χ4v) is 4.21. The number of carboxylic acids is 1. The van der Waals surface area contributed by atoms with E-state index in [1.165, 1.54) is 0 Å². The monoisotopic (exact) mass is 332 g/mol. The fraction of sp³-hybridized carbons (Fsp3) is 0.529. The maximum Gasteiger partial charge on any atom is 0.317 e. The molecule has 1 saturated heterocycles. The number of carboxylic acid groups (broad SMARTS) is 1. The van der Waals surface area contributed by atoms with Crippen LogP contribution in [0, 0.1) is 11.3 Å². The van der Waals surface area contributed by atoms with Gasteiger partial charge in [0, 0.05) is 25.2 Å². The number of carbonyl (C=O) groups is 2. The molecule has 0 spiro atoms. The number of nitrogens with one attached hydrogen (secondary N) is 1. The zero-order chi connectivity index (χ0) is 16.7. The number of amides is 2. The maximum absolute atomic E-state index is 12.5. The Balaban J connectivity index is 1.41. The molecular formula is C17H20N2O5. The molecular weight excluding hydrogens is 312 g/mol. The van der Waals surface area contributed by atoms with Crippen LogP contribution >= 0.6 is 0 Å². The molecule has 2 atom stereocenters. The topological polar surface area (TPSA) is 88.1 Å². The first-order valence-corrected chi connectivity index (χ1v) is 8.24. The number of carbonyl (C=O) groups excluding carboxylic acids is 1. The van der Waals surface area contributed by atoms with Crippen LogP contribution in [0.25, 0.3) is 0 Å². The van der Waals surface area contributed by atoms with Gasteiger partial charge in [-0.15, -0.1) is 0 Å². The van der Waals surface area contributed by atoms with Gasteiger partial charge in [0.15, 0.2) is 11.5 Å². The van der Waals surface area contributed by atoms with Gasteiger partial charge in [0.05, 0.1) is 5.41 Å². The Morgan fingerprint density at radius 1 is 1.38 bits per heavy atom. The summed E-state index contributed by atoms with van der Waals surface area (Å²) < 4.78 is 10.8. The molecule has 2 aliphatic heterocycles. The van der Waals surface area contributed by atoms with Crippen LogP contribution in [0.4, 0.5) is 4.79 Å². The first kappa shape index (κ1) is 15.1. The number of urea groups is 1. The highest BCUT2D eigenvalue weighted by molar-refractivity contribution is 5.80. The summed E-state index contributed by atoms with van der Waals surface area (Å²) in [6.45, 7) is 1.33. The Morgan fingerprint density at radius 3 is 3.04 bits per heavy atom. The summed E-state index contributed by atoms with van der Waals surface area (Å²) in [6.07, 6.45) is 2.47. The lowest BCUT2D eigenvalue weighted by molar-refractivity contribution is -0.149. The quantitative estimate of drug-likeness (QED) is 0.881. The molecule has 3 aliphatic rings. The van der Waals surface area contributed by atoms with Crippen molar-refractivity contribution in [2.45, 2.75) is 25.8 Å². The van der Waals surface area contributed by atoms with Gasteiger partial charge in [0.2, 0.25) is 6.79 Å². The van der Waals surface area contributed by atoms with E-state index in [-0.39, 0.29) is 18.7 Å². The summed E-state index contributed by atoms with van der Waals surface area (Å²) in [5.41, 5.74) is 0.105. The van der Waals surface area contributed by atoms with Crippen molar-refractivity contribution < 1.29 is 24.2 Å². The number of ether oxygens (including phenoxy) is 2. The third-order valence-electron chi connectivity index (χ3n) is 5.49. The summed E-state index contributed by atoms with van der Waals surface area (Å²) in [6, 6.07) is 5.34. The predicted octanol–water partition coefficient (Wildman–Crippen LogP) is 1.81. The summed E-state index contributed by atoms with van der Waals surface area (Å²) in [5.74, 6) is 0.644. The van der Waals surface area contributed by atoms with Gasteiger partial charge in [-0.2, -0.15) is 0 Å². The van der Waals surface area contributed by atoms with Crippen molar-refractivity contribution in [3.63, 3.8) is 0 Å². The molecule has 0 radical (unpaired) electrons. The molecule has 0 unspecified atom stereocenters. The van der Waals surface area contributed by atoms with Gasteiger partial charge in [0.1, 0.15) is 0 Å². The minimum atomic E-state index is -0.772. The first-order chi connectivity index (χ1) is 11.6. The smallest absolute Gasteiger partial charge is 0.317 e. The van der Waals surface area contributed by atoms with Crippen LogP contribution in [0.15, 0.2) is 18.2 Å². The Labute approximate surface area is 139 Å². The van der Waals surface area contributed by atoms with E-state index in [1.807, 2.05) is 18.2 Å². The standard InChI is InChI=1S/C17H20N2O5/c20-15(21)17-6-2-4-12(17)8-19(9-17)16(22)18-7-11-3-1-5-13-14(11)24-10-23-13/h1,3,5,12H,2,4,6-10H2,(H,18,22)(H,20,21)/t12-,17+/m0/s1. The third kappa shape index (κ3) is 2.26. The molecule has 1 aromatic rings. The number of aliphatic carboxylic acids is 1. The summed E-state index contributed by atoms with van der Waals surface area (Å²) in [5, 5.41) is 12.5. The lowest BCUT2D eigenvalue weighted by Crippen LogP contribution is -2.41. The maximum atomic E-state index is 12.5. The second kappa shape index (κ2) is 5.58. The highest BCUT2D eigenvalue weighted by atomic mass is 16.7. The molecule has 2 fully saturated rings. The minimum Gasteiger partial charge on any atom is -0.481 e. The number of nitrogens with zero attached hydrogens (tertiary/aromatic N) is 1. The van der Waals surface area contributed by atoms with Crippen LogP contribution in [0.2, 0.25) is 0 Å². The molecule has 2 amide bonds.